The van der Waals surface area contributed by atoms with E-state index in [0.29, 0.717) is 0 Å². The summed E-state index contributed by atoms with van der Waals surface area (Å²) in [7, 11) is 0. The SMILES string of the molecule is Cc1cccc(NC(=S)N2CC[NH+](Cc3cc(C)on3)CC2)c1. The molecule has 1 fully saturated rings. The molecule has 0 radical (unpaired) electrons. The summed E-state index contributed by atoms with van der Waals surface area (Å²) in [6.45, 7) is 8.97. The highest BCUT2D eigenvalue weighted by molar-refractivity contribution is 7.80. The van der Waals surface area contributed by atoms with Gasteiger partial charge in [0.25, 0.3) is 0 Å². The molecule has 122 valence electrons. The average molecular weight is 331 g/mol. The normalized spacial score (nSPS) is 15.7. The van der Waals surface area contributed by atoms with Crippen LogP contribution in [0.4, 0.5) is 5.69 Å². The molecule has 1 saturated heterocycles. The number of hydrogen-bond donors (Lipinski definition) is 2. The van der Waals surface area contributed by atoms with E-state index in [1.165, 1.54) is 10.5 Å². The first-order chi connectivity index (χ1) is 11.1. The Morgan fingerprint density at radius 1 is 1.30 bits per heavy atom. The molecule has 2 heterocycles. The molecule has 1 aliphatic rings. The summed E-state index contributed by atoms with van der Waals surface area (Å²) in [6.07, 6.45) is 0. The summed E-state index contributed by atoms with van der Waals surface area (Å²) >= 11 is 5.55. The second-order valence-electron chi connectivity index (χ2n) is 6.14. The third kappa shape index (κ3) is 4.30. The van der Waals surface area contributed by atoms with Gasteiger partial charge in [-0.05, 0) is 43.8 Å². The topological polar surface area (TPSA) is 45.7 Å². The lowest BCUT2D eigenvalue weighted by atomic mass is 10.2. The van der Waals surface area contributed by atoms with Crippen LogP contribution in [0.3, 0.4) is 0 Å². The Bertz CT molecular complexity index is 677. The standard InChI is InChI=1S/C17H22N4OS/c1-13-4-3-5-15(10-13)18-17(23)21-8-6-20(7-9-21)12-16-11-14(2)22-19-16/h3-5,10-11H,6-9,12H2,1-2H3,(H,18,23)/p+1. The van der Waals surface area contributed by atoms with Crippen molar-refractivity contribution < 1.29 is 9.42 Å². The average Bonchev–Trinajstić information content (AvgIpc) is 2.93. The molecular weight excluding hydrogens is 308 g/mol. The van der Waals surface area contributed by atoms with Crippen LogP contribution in [0, 0.1) is 13.8 Å². The molecule has 6 heteroatoms. The van der Waals surface area contributed by atoms with Crippen LogP contribution in [0.5, 0.6) is 0 Å². The quantitative estimate of drug-likeness (QED) is 0.832. The van der Waals surface area contributed by atoms with Crippen LogP contribution >= 0.6 is 12.2 Å². The molecule has 23 heavy (non-hydrogen) atoms. The van der Waals surface area contributed by atoms with Crippen molar-refractivity contribution in [2.24, 2.45) is 0 Å². The van der Waals surface area contributed by atoms with Crippen molar-refractivity contribution in [1.82, 2.24) is 10.1 Å². The van der Waals surface area contributed by atoms with Crippen molar-refractivity contribution in [1.29, 1.82) is 0 Å². The summed E-state index contributed by atoms with van der Waals surface area (Å²) < 4.78 is 5.14. The number of piperazine rings is 1. The van der Waals surface area contributed by atoms with Crippen molar-refractivity contribution in [2.45, 2.75) is 20.4 Å². The van der Waals surface area contributed by atoms with Gasteiger partial charge in [-0.3, -0.25) is 0 Å². The van der Waals surface area contributed by atoms with Crippen molar-refractivity contribution in [3.05, 3.63) is 47.3 Å². The number of hydrogen-bond acceptors (Lipinski definition) is 3. The number of anilines is 1. The first-order valence-electron chi connectivity index (χ1n) is 7.98. The van der Waals surface area contributed by atoms with Crippen molar-refractivity contribution >= 4 is 23.0 Å². The molecule has 2 aromatic rings. The summed E-state index contributed by atoms with van der Waals surface area (Å²) in [5.74, 6) is 0.876. The lowest BCUT2D eigenvalue weighted by Gasteiger charge is -2.33. The molecule has 0 atom stereocenters. The maximum atomic E-state index is 5.55. The number of aromatic nitrogens is 1. The number of benzene rings is 1. The highest BCUT2D eigenvalue weighted by atomic mass is 32.1. The number of quaternary nitrogens is 1. The Hall–Kier alpha value is -1.92. The van der Waals surface area contributed by atoms with E-state index in [0.717, 1.165) is 55.0 Å². The maximum Gasteiger partial charge on any atom is 0.173 e. The van der Waals surface area contributed by atoms with Crippen LogP contribution in [0.1, 0.15) is 17.0 Å². The summed E-state index contributed by atoms with van der Waals surface area (Å²) in [6, 6.07) is 10.3. The van der Waals surface area contributed by atoms with Gasteiger partial charge < -0.3 is 19.6 Å². The van der Waals surface area contributed by atoms with E-state index in [2.05, 4.69) is 34.4 Å². The van der Waals surface area contributed by atoms with Gasteiger partial charge in [0.05, 0.1) is 26.2 Å². The number of nitrogens with zero attached hydrogens (tertiary/aromatic N) is 2. The van der Waals surface area contributed by atoms with Gasteiger partial charge in [-0.15, -0.1) is 0 Å². The van der Waals surface area contributed by atoms with Gasteiger partial charge in [-0.25, -0.2) is 0 Å². The highest BCUT2D eigenvalue weighted by Gasteiger charge is 2.22. The third-order valence-electron chi connectivity index (χ3n) is 4.13. The number of rotatable bonds is 3. The van der Waals surface area contributed by atoms with Gasteiger partial charge in [0.2, 0.25) is 0 Å². The highest BCUT2D eigenvalue weighted by Crippen LogP contribution is 2.10. The van der Waals surface area contributed by atoms with Crippen LogP contribution in [0.2, 0.25) is 0 Å². The monoisotopic (exact) mass is 331 g/mol. The molecule has 0 aliphatic carbocycles. The Labute approximate surface area is 142 Å². The number of aryl methyl sites for hydroxylation is 2. The molecule has 0 amide bonds. The number of nitrogens with one attached hydrogen (secondary N) is 2. The van der Waals surface area contributed by atoms with Crippen molar-refractivity contribution in [3.8, 4) is 0 Å². The van der Waals surface area contributed by atoms with Crippen LogP contribution in [0.15, 0.2) is 34.9 Å². The van der Waals surface area contributed by atoms with E-state index in [1.54, 1.807) is 0 Å². The van der Waals surface area contributed by atoms with E-state index in [1.807, 2.05) is 25.1 Å². The molecule has 5 nitrogen and oxygen atoms in total. The zero-order valence-corrected chi connectivity index (χ0v) is 14.4. The molecule has 1 aromatic carbocycles. The zero-order valence-electron chi connectivity index (χ0n) is 13.6. The van der Waals surface area contributed by atoms with Gasteiger partial charge >= 0.3 is 0 Å². The van der Waals surface area contributed by atoms with E-state index in [9.17, 15) is 0 Å². The van der Waals surface area contributed by atoms with E-state index >= 15 is 0 Å². The van der Waals surface area contributed by atoms with Crippen LogP contribution in [0.25, 0.3) is 0 Å². The van der Waals surface area contributed by atoms with Crippen LogP contribution in [-0.2, 0) is 6.54 Å². The second kappa shape index (κ2) is 7.10. The largest absolute Gasteiger partial charge is 0.361 e. The van der Waals surface area contributed by atoms with Gasteiger partial charge in [-0.2, -0.15) is 0 Å². The molecule has 1 aromatic heterocycles. The minimum Gasteiger partial charge on any atom is -0.361 e. The fourth-order valence-corrected chi connectivity index (χ4v) is 3.19. The van der Waals surface area contributed by atoms with Gasteiger partial charge in [0.15, 0.2) is 5.11 Å². The van der Waals surface area contributed by atoms with Gasteiger partial charge in [0, 0.05) is 11.8 Å². The zero-order chi connectivity index (χ0) is 16.2. The Morgan fingerprint density at radius 3 is 2.74 bits per heavy atom. The summed E-state index contributed by atoms with van der Waals surface area (Å²) in [5, 5.41) is 8.23. The summed E-state index contributed by atoms with van der Waals surface area (Å²) in [4.78, 5) is 3.77. The second-order valence-corrected chi connectivity index (χ2v) is 6.53. The molecule has 0 bridgehead atoms. The molecule has 0 unspecified atom stereocenters. The lowest BCUT2D eigenvalue weighted by molar-refractivity contribution is -0.917. The minimum absolute atomic E-state index is 0.812. The molecule has 1 aliphatic heterocycles. The Morgan fingerprint density at radius 2 is 2.09 bits per heavy atom. The molecule has 0 saturated carbocycles. The van der Waals surface area contributed by atoms with Gasteiger partial charge in [0.1, 0.15) is 18.0 Å². The fraction of sp³-hybridized carbons (Fsp3) is 0.412. The smallest absolute Gasteiger partial charge is 0.173 e. The first kappa shape index (κ1) is 16.0. The molecule has 3 rings (SSSR count). The van der Waals surface area contributed by atoms with E-state index in [-0.39, 0.29) is 0 Å². The van der Waals surface area contributed by atoms with E-state index < -0.39 is 0 Å². The van der Waals surface area contributed by atoms with Crippen LogP contribution in [-0.4, -0.2) is 41.3 Å². The molecule has 0 spiro atoms. The predicted octanol–water partition coefficient (Wildman–Crippen LogP) is 1.39. The van der Waals surface area contributed by atoms with Gasteiger partial charge in [-0.1, -0.05) is 17.3 Å². The van der Waals surface area contributed by atoms with E-state index in [4.69, 9.17) is 16.7 Å². The van der Waals surface area contributed by atoms with Crippen molar-refractivity contribution in [3.63, 3.8) is 0 Å². The van der Waals surface area contributed by atoms with Crippen LogP contribution < -0.4 is 10.2 Å². The lowest BCUT2D eigenvalue weighted by Crippen LogP contribution is -3.13. The Kier molecular flexibility index (Phi) is 4.93. The first-order valence-corrected chi connectivity index (χ1v) is 8.39. The predicted molar refractivity (Wildman–Crippen MR) is 94.6 cm³/mol. The third-order valence-corrected chi connectivity index (χ3v) is 4.50. The molecule has 2 N–H and O–H groups in total. The summed E-state index contributed by atoms with van der Waals surface area (Å²) in [5.41, 5.74) is 3.32. The maximum absolute atomic E-state index is 5.55. The number of thiocarbonyl (C=S) groups is 1. The molecular formula is C17H23N4OS+. The van der Waals surface area contributed by atoms with Crippen molar-refractivity contribution in [2.75, 3.05) is 31.5 Å². The Balaban J connectivity index is 1.49. The minimum atomic E-state index is 0.812. The fourth-order valence-electron chi connectivity index (χ4n) is 2.89.